The highest BCUT2D eigenvalue weighted by Gasteiger charge is 2.62. The predicted molar refractivity (Wildman–Crippen MR) is 210 cm³/mol. The lowest BCUT2D eigenvalue weighted by molar-refractivity contribution is -0.167. The Labute approximate surface area is 303 Å². The SMILES string of the molecule is CC(C)CCC[C@@H](C)[C@H]1CCC2C3C(CC[C@@]21C)[C@@]1(C)CC[C@H](NCCCCCCCCNCCCNCc2ccccc2)C[C@H]1C[C@@H]3O. The number of hydrogen-bond acceptors (Lipinski definition) is 4. The van der Waals surface area contributed by atoms with Crippen LogP contribution in [0, 0.1) is 52.3 Å². The highest BCUT2D eigenvalue weighted by Crippen LogP contribution is 2.68. The molecule has 0 spiro atoms. The molecule has 3 unspecified atom stereocenters. The van der Waals surface area contributed by atoms with Crippen molar-refractivity contribution in [2.45, 2.75) is 169 Å². The van der Waals surface area contributed by atoms with Gasteiger partial charge in [-0.15, -0.1) is 0 Å². The molecule has 0 bridgehead atoms. The van der Waals surface area contributed by atoms with E-state index in [0.29, 0.717) is 28.7 Å². The monoisotopic (exact) mass is 678 g/mol. The van der Waals surface area contributed by atoms with E-state index in [4.69, 9.17) is 0 Å². The largest absolute Gasteiger partial charge is 0.393 e. The molecule has 5 rings (SSSR count). The van der Waals surface area contributed by atoms with Gasteiger partial charge in [-0.1, -0.05) is 110 Å². The van der Waals surface area contributed by atoms with Crippen LogP contribution in [0.5, 0.6) is 0 Å². The van der Waals surface area contributed by atoms with E-state index in [9.17, 15) is 5.11 Å². The van der Waals surface area contributed by atoms with E-state index in [-0.39, 0.29) is 6.10 Å². The molecule has 4 nitrogen and oxygen atoms in total. The molecule has 4 saturated carbocycles. The van der Waals surface area contributed by atoms with Crippen molar-refractivity contribution in [3.8, 4) is 0 Å². The van der Waals surface area contributed by atoms with Crippen LogP contribution >= 0.6 is 0 Å². The van der Waals surface area contributed by atoms with Gasteiger partial charge in [-0.3, -0.25) is 0 Å². The van der Waals surface area contributed by atoms with Crippen molar-refractivity contribution in [2.75, 3.05) is 26.2 Å². The molecule has 4 aliphatic rings. The van der Waals surface area contributed by atoms with E-state index in [1.165, 1.54) is 121 Å². The predicted octanol–water partition coefficient (Wildman–Crippen LogP) is 10.1. The third kappa shape index (κ3) is 10.4. The summed E-state index contributed by atoms with van der Waals surface area (Å²) in [7, 11) is 0. The molecule has 0 amide bonds. The number of fused-ring (bicyclic) bond motifs is 5. The quantitative estimate of drug-likeness (QED) is 0.0979. The maximum Gasteiger partial charge on any atom is 0.0577 e. The van der Waals surface area contributed by atoms with Gasteiger partial charge in [0.1, 0.15) is 0 Å². The molecule has 0 heterocycles. The van der Waals surface area contributed by atoms with Crippen LogP contribution < -0.4 is 16.0 Å². The first kappa shape index (κ1) is 39.3. The van der Waals surface area contributed by atoms with Gasteiger partial charge in [0.15, 0.2) is 0 Å². The van der Waals surface area contributed by atoms with Gasteiger partial charge in [-0.05, 0) is 155 Å². The minimum absolute atomic E-state index is 0.0708. The molecule has 4 aliphatic carbocycles. The summed E-state index contributed by atoms with van der Waals surface area (Å²) in [6, 6.07) is 11.3. The summed E-state index contributed by atoms with van der Waals surface area (Å²) in [4.78, 5) is 0. The van der Waals surface area contributed by atoms with Gasteiger partial charge in [-0.25, -0.2) is 0 Å². The topological polar surface area (TPSA) is 56.3 Å². The normalized spacial score (nSPS) is 34.8. The van der Waals surface area contributed by atoms with E-state index in [1.807, 2.05) is 0 Å². The molecular formula is C45H79N3O. The second-order valence-corrected chi connectivity index (χ2v) is 18.6. The molecule has 0 saturated heterocycles. The molecule has 4 fully saturated rings. The Morgan fingerprint density at radius 1 is 0.694 bits per heavy atom. The number of aliphatic hydroxyl groups is 1. The number of benzene rings is 1. The molecule has 1 aromatic carbocycles. The first-order valence-electron chi connectivity index (χ1n) is 21.6. The highest BCUT2D eigenvalue weighted by molar-refractivity contribution is 5.14. The summed E-state index contributed by atoms with van der Waals surface area (Å²) in [6.07, 6.45) is 24.1. The Balaban J connectivity index is 0.921. The Morgan fingerprint density at radius 3 is 2.14 bits per heavy atom. The third-order valence-electron chi connectivity index (χ3n) is 15.0. The van der Waals surface area contributed by atoms with Crippen molar-refractivity contribution in [1.29, 1.82) is 0 Å². The van der Waals surface area contributed by atoms with E-state index in [0.717, 1.165) is 62.2 Å². The van der Waals surface area contributed by atoms with Crippen LogP contribution in [0.15, 0.2) is 30.3 Å². The first-order chi connectivity index (χ1) is 23.7. The van der Waals surface area contributed by atoms with Crippen LogP contribution in [-0.2, 0) is 6.54 Å². The Bertz CT molecular complexity index is 1060. The molecule has 0 aliphatic heterocycles. The van der Waals surface area contributed by atoms with Gasteiger partial charge in [-0.2, -0.15) is 0 Å². The van der Waals surface area contributed by atoms with Gasteiger partial charge in [0.25, 0.3) is 0 Å². The highest BCUT2D eigenvalue weighted by atomic mass is 16.3. The van der Waals surface area contributed by atoms with E-state index < -0.39 is 0 Å². The lowest BCUT2D eigenvalue weighted by Gasteiger charge is -2.62. The van der Waals surface area contributed by atoms with Gasteiger partial charge < -0.3 is 21.1 Å². The summed E-state index contributed by atoms with van der Waals surface area (Å²) in [5, 5.41) is 23.0. The van der Waals surface area contributed by atoms with Gasteiger partial charge in [0.2, 0.25) is 0 Å². The van der Waals surface area contributed by atoms with Crippen molar-refractivity contribution >= 4 is 0 Å². The average molecular weight is 678 g/mol. The fourth-order valence-corrected chi connectivity index (χ4v) is 12.1. The van der Waals surface area contributed by atoms with Crippen LogP contribution in [-0.4, -0.2) is 43.4 Å². The molecule has 280 valence electrons. The molecule has 10 atom stereocenters. The fraction of sp³-hybridized carbons (Fsp3) is 0.867. The number of aliphatic hydroxyl groups excluding tert-OH is 1. The Kier molecular flexibility index (Phi) is 15.4. The summed E-state index contributed by atoms with van der Waals surface area (Å²) in [5.74, 6) is 5.29. The van der Waals surface area contributed by atoms with Crippen LogP contribution in [0.1, 0.15) is 156 Å². The Hall–Kier alpha value is -0.940. The summed E-state index contributed by atoms with van der Waals surface area (Å²) in [6.45, 7) is 18.2. The van der Waals surface area contributed by atoms with Crippen molar-refractivity contribution < 1.29 is 5.11 Å². The number of nitrogens with one attached hydrogen (secondary N) is 3. The number of hydrogen-bond donors (Lipinski definition) is 4. The lowest BCUT2D eigenvalue weighted by atomic mass is 9.43. The first-order valence-corrected chi connectivity index (χ1v) is 21.6. The summed E-state index contributed by atoms with van der Waals surface area (Å²) >= 11 is 0. The van der Waals surface area contributed by atoms with Crippen molar-refractivity contribution in [3.05, 3.63) is 35.9 Å². The zero-order chi connectivity index (χ0) is 34.7. The molecule has 0 aromatic heterocycles. The number of unbranched alkanes of at least 4 members (excludes halogenated alkanes) is 5. The number of rotatable bonds is 21. The molecule has 4 N–H and O–H groups in total. The van der Waals surface area contributed by atoms with Gasteiger partial charge in [0.05, 0.1) is 6.10 Å². The van der Waals surface area contributed by atoms with E-state index in [1.54, 1.807) is 0 Å². The van der Waals surface area contributed by atoms with Gasteiger partial charge >= 0.3 is 0 Å². The zero-order valence-electron chi connectivity index (χ0n) is 32.8. The molecule has 4 heteroatoms. The molecule has 1 aromatic rings. The summed E-state index contributed by atoms with van der Waals surface area (Å²) < 4.78 is 0. The van der Waals surface area contributed by atoms with Crippen molar-refractivity contribution in [1.82, 2.24) is 16.0 Å². The third-order valence-corrected chi connectivity index (χ3v) is 15.0. The summed E-state index contributed by atoms with van der Waals surface area (Å²) in [5.41, 5.74) is 2.27. The van der Waals surface area contributed by atoms with Crippen LogP contribution in [0.4, 0.5) is 0 Å². The van der Waals surface area contributed by atoms with Crippen molar-refractivity contribution in [2.24, 2.45) is 52.3 Å². The van der Waals surface area contributed by atoms with Crippen molar-refractivity contribution in [3.63, 3.8) is 0 Å². The minimum Gasteiger partial charge on any atom is -0.393 e. The van der Waals surface area contributed by atoms with E-state index in [2.05, 4.69) is 80.9 Å². The molecule has 49 heavy (non-hydrogen) atoms. The molecule has 0 radical (unpaired) electrons. The van der Waals surface area contributed by atoms with Gasteiger partial charge in [0, 0.05) is 12.6 Å². The Morgan fingerprint density at radius 2 is 1.37 bits per heavy atom. The lowest BCUT2D eigenvalue weighted by Crippen LogP contribution is -2.59. The standard InChI is InChI=1S/C45H79N3O/c1-34(2)17-15-18-35(3)39-21-22-40-43-41(24-26-45(39,40)5)44(4)25-23-38(31-37(44)32-42(43)49)48-30-14-9-7-6-8-13-27-46-28-16-29-47-33-36-19-11-10-12-20-36/h10-12,19-20,34-35,37-43,46-49H,6-9,13-18,21-33H2,1-5H3/t35-,37+,38+,39-,40?,41?,42+,43?,44+,45-/m1/s1. The zero-order valence-corrected chi connectivity index (χ0v) is 32.8. The fourth-order valence-electron chi connectivity index (χ4n) is 12.1. The maximum atomic E-state index is 11.9. The minimum atomic E-state index is -0.0708. The second kappa shape index (κ2) is 19.2. The van der Waals surface area contributed by atoms with E-state index >= 15 is 0 Å². The van der Waals surface area contributed by atoms with Crippen LogP contribution in [0.2, 0.25) is 0 Å². The maximum absolute atomic E-state index is 11.9. The van der Waals surface area contributed by atoms with Crippen LogP contribution in [0.25, 0.3) is 0 Å². The smallest absolute Gasteiger partial charge is 0.0577 e. The van der Waals surface area contributed by atoms with Crippen LogP contribution in [0.3, 0.4) is 0 Å². The second-order valence-electron chi connectivity index (χ2n) is 18.6. The molecular weight excluding hydrogens is 599 g/mol. The average Bonchev–Trinajstić information content (AvgIpc) is 3.44.